The van der Waals surface area contributed by atoms with Gasteiger partial charge in [-0.2, -0.15) is 5.10 Å². The number of carbonyl (C=O) groups excluding carboxylic acids is 1. The van der Waals surface area contributed by atoms with Crippen LogP contribution in [-0.2, 0) is 19.2 Å². The molecular weight excluding hydrogens is 488 g/mol. The molecule has 0 bridgehead atoms. The maximum atomic E-state index is 13.8. The van der Waals surface area contributed by atoms with E-state index in [1.54, 1.807) is 16.8 Å². The van der Waals surface area contributed by atoms with Gasteiger partial charge in [0.2, 0.25) is 0 Å². The third-order valence-electron chi connectivity index (χ3n) is 7.03. The van der Waals surface area contributed by atoms with Crippen LogP contribution in [0.2, 0.25) is 0 Å². The normalized spacial score (nSPS) is 14.9. The van der Waals surface area contributed by atoms with Gasteiger partial charge < -0.3 is 15.3 Å². The summed E-state index contributed by atoms with van der Waals surface area (Å²) in [5, 5.41) is 18.6. The van der Waals surface area contributed by atoms with Crippen molar-refractivity contribution in [1.82, 2.24) is 20.1 Å². The topological polar surface area (TPSA) is 83.3 Å². The Kier molecular flexibility index (Phi) is 6.94. The number of anilines is 1. The molecule has 0 atom stereocenters. The fourth-order valence-electron chi connectivity index (χ4n) is 4.86. The van der Waals surface area contributed by atoms with E-state index in [-0.39, 0.29) is 5.91 Å². The summed E-state index contributed by atoms with van der Waals surface area (Å²) in [5.41, 5.74) is 2.76. The minimum absolute atomic E-state index is 0.226. The highest BCUT2D eigenvalue weighted by atomic mass is 19.2. The van der Waals surface area contributed by atoms with E-state index in [0.717, 1.165) is 29.0 Å². The number of halogens is 2. The molecule has 3 heterocycles. The number of aliphatic hydroxyl groups is 1. The first-order valence-corrected chi connectivity index (χ1v) is 12.5. The molecule has 38 heavy (non-hydrogen) atoms. The van der Waals surface area contributed by atoms with E-state index < -0.39 is 17.2 Å². The zero-order valence-electron chi connectivity index (χ0n) is 21.3. The highest BCUT2D eigenvalue weighted by Gasteiger charge is 2.35. The van der Waals surface area contributed by atoms with Crippen molar-refractivity contribution in [2.24, 2.45) is 7.05 Å². The molecule has 1 fully saturated rings. The number of aromatic nitrogens is 3. The van der Waals surface area contributed by atoms with Gasteiger partial charge in [-0.1, -0.05) is 36.4 Å². The summed E-state index contributed by atoms with van der Waals surface area (Å²) in [6, 6.07) is 16.7. The SMILES string of the molecule is Cc1nn(C)cc1-c1cc(C(=O)NCc2ccccc2)cc(N2CCC(O)(c3ccc(F)c(F)c3)CC2)n1. The minimum Gasteiger partial charge on any atom is -0.385 e. The van der Waals surface area contributed by atoms with Gasteiger partial charge in [0, 0.05) is 44.0 Å². The molecule has 1 aliphatic heterocycles. The van der Waals surface area contributed by atoms with Gasteiger partial charge in [-0.3, -0.25) is 9.48 Å². The zero-order valence-corrected chi connectivity index (χ0v) is 21.3. The highest BCUT2D eigenvalue weighted by Crippen LogP contribution is 2.35. The quantitative estimate of drug-likeness (QED) is 0.394. The fraction of sp³-hybridized carbons (Fsp3) is 0.276. The molecule has 7 nitrogen and oxygen atoms in total. The van der Waals surface area contributed by atoms with E-state index in [4.69, 9.17) is 4.98 Å². The number of piperidine rings is 1. The van der Waals surface area contributed by atoms with Gasteiger partial charge in [-0.05, 0) is 55.2 Å². The molecule has 1 saturated heterocycles. The molecule has 4 aromatic rings. The Hall–Kier alpha value is -4.11. The Morgan fingerprint density at radius 3 is 2.45 bits per heavy atom. The van der Waals surface area contributed by atoms with Crippen LogP contribution in [-0.4, -0.2) is 38.9 Å². The summed E-state index contributed by atoms with van der Waals surface area (Å²) < 4.78 is 29.0. The summed E-state index contributed by atoms with van der Waals surface area (Å²) in [6.45, 7) is 3.12. The van der Waals surface area contributed by atoms with E-state index in [9.17, 15) is 18.7 Å². The highest BCUT2D eigenvalue weighted by molar-refractivity contribution is 5.96. The smallest absolute Gasteiger partial charge is 0.251 e. The van der Waals surface area contributed by atoms with Gasteiger partial charge >= 0.3 is 0 Å². The van der Waals surface area contributed by atoms with Gasteiger partial charge in [0.25, 0.3) is 5.91 Å². The third-order valence-corrected chi connectivity index (χ3v) is 7.03. The summed E-state index contributed by atoms with van der Waals surface area (Å²) in [4.78, 5) is 20.0. The van der Waals surface area contributed by atoms with E-state index in [2.05, 4.69) is 10.4 Å². The van der Waals surface area contributed by atoms with Crippen molar-refractivity contribution in [3.63, 3.8) is 0 Å². The number of benzene rings is 2. The molecule has 0 unspecified atom stereocenters. The third kappa shape index (κ3) is 5.28. The van der Waals surface area contributed by atoms with Gasteiger partial charge in [0.1, 0.15) is 5.82 Å². The van der Waals surface area contributed by atoms with Crippen molar-refractivity contribution in [1.29, 1.82) is 0 Å². The van der Waals surface area contributed by atoms with Crippen LogP contribution in [0.15, 0.2) is 66.9 Å². The van der Waals surface area contributed by atoms with Crippen molar-refractivity contribution in [3.05, 3.63) is 101 Å². The lowest BCUT2D eigenvalue weighted by Crippen LogP contribution is -2.43. The first-order chi connectivity index (χ1) is 18.2. The fourth-order valence-corrected chi connectivity index (χ4v) is 4.86. The van der Waals surface area contributed by atoms with Crippen LogP contribution >= 0.6 is 0 Å². The van der Waals surface area contributed by atoms with Gasteiger partial charge in [0.15, 0.2) is 11.6 Å². The first-order valence-electron chi connectivity index (χ1n) is 12.5. The largest absolute Gasteiger partial charge is 0.385 e. The summed E-state index contributed by atoms with van der Waals surface area (Å²) >= 11 is 0. The average Bonchev–Trinajstić information content (AvgIpc) is 3.27. The second-order valence-corrected chi connectivity index (χ2v) is 9.72. The molecule has 0 spiro atoms. The standard InChI is InChI=1S/C29H29F2N5O2/c1-19-23(18-35(2)34-19)26-14-21(28(37)32-17-20-6-4-3-5-7-20)15-27(33-26)36-12-10-29(38,11-13-36)22-8-9-24(30)25(31)16-22/h3-9,14-16,18,38H,10-13,17H2,1-2H3,(H,32,37). The lowest BCUT2D eigenvalue weighted by atomic mass is 9.84. The monoisotopic (exact) mass is 517 g/mol. The predicted octanol–water partition coefficient (Wildman–Crippen LogP) is 4.49. The Morgan fingerprint density at radius 2 is 1.79 bits per heavy atom. The molecule has 1 aliphatic rings. The molecular formula is C29H29F2N5O2. The lowest BCUT2D eigenvalue weighted by molar-refractivity contribution is 0.0113. The van der Waals surface area contributed by atoms with Crippen LogP contribution < -0.4 is 10.2 Å². The second kappa shape index (κ2) is 10.3. The molecule has 2 aromatic heterocycles. The van der Waals surface area contributed by atoms with Gasteiger partial charge in [0.05, 0.1) is 17.0 Å². The van der Waals surface area contributed by atoms with E-state index in [0.29, 0.717) is 55.1 Å². The first kappa shape index (κ1) is 25.5. The number of amides is 1. The molecule has 2 N–H and O–H groups in total. The molecule has 1 amide bonds. The van der Waals surface area contributed by atoms with Crippen molar-refractivity contribution in [2.75, 3.05) is 18.0 Å². The van der Waals surface area contributed by atoms with Crippen molar-refractivity contribution in [2.45, 2.75) is 31.9 Å². The van der Waals surface area contributed by atoms with E-state index >= 15 is 0 Å². The number of hydrogen-bond donors (Lipinski definition) is 2. The lowest BCUT2D eigenvalue weighted by Gasteiger charge is -2.39. The zero-order chi connectivity index (χ0) is 26.9. The van der Waals surface area contributed by atoms with Crippen LogP contribution in [0, 0.1) is 18.6 Å². The van der Waals surface area contributed by atoms with Gasteiger partial charge in [-0.25, -0.2) is 13.8 Å². The number of carbonyl (C=O) groups is 1. The Bertz CT molecular complexity index is 1460. The Morgan fingerprint density at radius 1 is 1.05 bits per heavy atom. The van der Waals surface area contributed by atoms with Crippen LogP contribution in [0.1, 0.15) is 40.0 Å². The Labute approximate surface area is 219 Å². The molecule has 0 aliphatic carbocycles. The summed E-state index contributed by atoms with van der Waals surface area (Å²) in [6.07, 6.45) is 2.46. The number of rotatable bonds is 6. The van der Waals surface area contributed by atoms with E-state index in [1.807, 2.05) is 55.4 Å². The molecule has 196 valence electrons. The van der Waals surface area contributed by atoms with Gasteiger partial charge in [-0.15, -0.1) is 0 Å². The molecule has 0 radical (unpaired) electrons. The summed E-state index contributed by atoms with van der Waals surface area (Å²) in [7, 11) is 1.83. The molecule has 9 heteroatoms. The number of pyridine rings is 1. The minimum atomic E-state index is -1.28. The number of hydrogen-bond acceptors (Lipinski definition) is 5. The number of nitrogens with zero attached hydrogens (tertiary/aromatic N) is 4. The second-order valence-electron chi connectivity index (χ2n) is 9.72. The molecule has 5 rings (SSSR count). The Balaban J connectivity index is 1.41. The maximum Gasteiger partial charge on any atom is 0.251 e. The van der Waals surface area contributed by atoms with Crippen molar-refractivity contribution < 1.29 is 18.7 Å². The summed E-state index contributed by atoms with van der Waals surface area (Å²) in [5.74, 6) is -1.55. The van der Waals surface area contributed by atoms with Crippen molar-refractivity contribution in [3.8, 4) is 11.3 Å². The average molecular weight is 518 g/mol. The van der Waals surface area contributed by atoms with Crippen LogP contribution in [0.4, 0.5) is 14.6 Å². The molecule has 0 saturated carbocycles. The van der Waals surface area contributed by atoms with Crippen LogP contribution in [0.3, 0.4) is 0 Å². The van der Waals surface area contributed by atoms with E-state index in [1.165, 1.54) is 6.07 Å². The number of nitrogens with one attached hydrogen (secondary N) is 1. The molecule has 2 aromatic carbocycles. The van der Waals surface area contributed by atoms with Crippen LogP contribution in [0.5, 0.6) is 0 Å². The van der Waals surface area contributed by atoms with Crippen LogP contribution in [0.25, 0.3) is 11.3 Å². The number of aryl methyl sites for hydroxylation is 2. The predicted molar refractivity (Wildman–Crippen MR) is 140 cm³/mol. The van der Waals surface area contributed by atoms with Crippen molar-refractivity contribution >= 4 is 11.7 Å². The maximum absolute atomic E-state index is 13.8.